The molecule has 1 amide bonds. The topological polar surface area (TPSA) is 91.3 Å². The van der Waals surface area contributed by atoms with E-state index in [1.165, 1.54) is 16.8 Å². The van der Waals surface area contributed by atoms with E-state index in [0.29, 0.717) is 18.0 Å². The quantitative estimate of drug-likeness (QED) is 0.693. The second kappa shape index (κ2) is 7.71. The molecule has 0 aliphatic carbocycles. The van der Waals surface area contributed by atoms with Crippen LogP contribution in [0.25, 0.3) is 11.0 Å². The van der Waals surface area contributed by atoms with Crippen LogP contribution in [-0.4, -0.2) is 50.9 Å². The molecule has 0 atom stereocenters. The molecule has 3 aromatic rings. The van der Waals surface area contributed by atoms with Gasteiger partial charge in [-0.1, -0.05) is 12.1 Å². The van der Waals surface area contributed by atoms with Crippen LogP contribution in [0.2, 0.25) is 0 Å². The number of aromatic amines is 1. The van der Waals surface area contributed by atoms with E-state index in [0.717, 1.165) is 29.2 Å². The maximum atomic E-state index is 13.1. The molecule has 0 radical (unpaired) electrons. The average molecular weight is 428 g/mol. The van der Waals surface area contributed by atoms with Crippen LogP contribution in [0.15, 0.2) is 27.8 Å². The Hall–Kier alpha value is -2.94. The van der Waals surface area contributed by atoms with Crippen LogP contribution in [0.1, 0.15) is 40.7 Å². The summed E-state index contributed by atoms with van der Waals surface area (Å²) in [4.78, 5) is 45.2. The van der Waals surface area contributed by atoms with Crippen molar-refractivity contribution in [1.82, 2.24) is 18.8 Å². The number of aromatic nitrogens is 3. The number of nitrogens with zero attached hydrogens (tertiary/aromatic N) is 4. The lowest BCUT2D eigenvalue weighted by molar-refractivity contribution is 0.0753. The molecule has 1 saturated heterocycles. The summed E-state index contributed by atoms with van der Waals surface area (Å²) in [5.74, 6) is -0.194. The highest BCUT2D eigenvalue weighted by Crippen LogP contribution is 2.25. The van der Waals surface area contributed by atoms with E-state index in [2.05, 4.69) is 46.3 Å². The Morgan fingerprint density at radius 3 is 2.50 bits per heavy atom. The number of hydrogen-bond donors (Lipinski definition) is 1. The molecule has 1 aromatic carbocycles. The van der Waals surface area contributed by atoms with Gasteiger partial charge in [0, 0.05) is 37.9 Å². The van der Waals surface area contributed by atoms with Crippen molar-refractivity contribution >= 4 is 34.2 Å². The normalized spacial score (nSPS) is 14.7. The number of aryl methyl sites for hydroxylation is 1. The monoisotopic (exact) mass is 427 g/mol. The molecule has 2 aromatic heterocycles. The molecule has 1 N–H and O–H groups in total. The Kier molecular flexibility index (Phi) is 5.23. The van der Waals surface area contributed by atoms with Gasteiger partial charge in [-0.3, -0.25) is 14.2 Å². The molecule has 0 unspecified atom stereocenters. The maximum Gasteiger partial charge on any atom is 0.329 e. The number of carbonyl (C=O) groups is 1. The van der Waals surface area contributed by atoms with Crippen molar-refractivity contribution in [3.63, 3.8) is 0 Å². The molecule has 0 spiro atoms. The minimum Gasteiger partial charge on any atom is -0.368 e. The number of anilines is 1. The van der Waals surface area contributed by atoms with Crippen molar-refractivity contribution < 1.29 is 4.79 Å². The highest BCUT2D eigenvalue weighted by Gasteiger charge is 2.27. The van der Waals surface area contributed by atoms with Gasteiger partial charge in [-0.15, -0.1) is 0 Å². The van der Waals surface area contributed by atoms with E-state index >= 15 is 0 Å². The first-order chi connectivity index (χ1) is 14.3. The van der Waals surface area contributed by atoms with E-state index in [1.807, 2.05) is 0 Å². The number of amides is 1. The van der Waals surface area contributed by atoms with Crippen molar-refractivity contribution in [2.24, 2.45) is 0 Å². The van der Waals surface area contributed by atoms with Gasteiger partial charge in [-0.05, 0) is 56.4 Å². The molecular formula is C21H25N5O3S. The van der Waals surface area contributed by atoms with E-state index in [-0.39, 0.29) is 23.0 Å². The summed E-state index contributed by atoms with van der Waals surface area (Å²) in [6.07, 6.45) is 0. The van der Waals surface area contributed by atoms with Crippen molar-refractivity contribution in [3.05, 3.63) is 55.0 Å². The Balaban J connectivity index is 1.58. The average Bonchev–Trinajstić information content (AvgIpc) is 3.13. The van der Waals surface area contributed by atoms with Crippen molar-refractivity contribution in [1.29, 1.82) is 0 Å². The van der Waals surface area contributed by atoms with Crippen LogP contribution in [-0.2, 0) is 0 Å². The third-order valence-electron chi connectivity index (χ3n) is 5.76. The predicted octanol–water partition coefficient (Wildman–Crippen LogP) is 2.31. The SMILES string of the molecule is Cc1cccc(N2CCN(C(=O)c3snc4c(=O)n(C(C)C)c(=O)[nH]c34)CC2)c1C. The summed E-state index contributed by atoms with van der Waals surface area (Å²) >= 11 is 0.971. The van der Waals surface area contributed by atoms with Gasteiger partial charge in [-0.2, -0.15) is 4.37 Å². The minimum atomic E-state index is -0.517. The molecule has 8 nitrogen and oxygen atoms in total. The van der Waals surface area contributed by atoms with Gasteiger partial charge < -0.3 is 14.8 Å². The van der Waals surface area contributed by atoms with Crippen LogP contribution in [0, 0.1) is 13.8 Å². The third kappa shape index (κ3) is 3.32. The largest absolute Gasteiger partial charge is 0.368 e. The zero-order valence-corrected chi connectivity index (χ0v) is 18.4. The lowest BCUT2D eigenvalue weighted by Crippen LogP contribution is -2.49. The number of hydrogen-bond acceptors (Lipinski definition) is 6. The zero-order chi connectivity index (χ0) is 21.6. The first-order valence-electron chi connectivity index (χ1n) is 10.0. The van der Waals surface area contributed by atoms with Crippen LogP contribution in [0.4, 0.5) is 5.69 Å². The van der Waals surface area contributed by atoms with Crippen molar-refractivity contribution in [2.45, 2.75) is 33.7 Å². The summed E-state index contributed by atoms with van der Waals surface area (Å²) in [7, 11) is 0. The Morgan fingerprint density at radius 2 is 1.83 bits per heavy atom. The van der Waals surface area contributed by atoms with E-state index in [9.17, 15) is 14.4 Å². The first kappa shape index (κ1) is 20.3. The number of fused-ring (bicyclic) bond motifs is 1. The summed E-state index contributed by atoms with van der Waals surface area (Å²) in [5, 5.41) is 0. The van der Waals surface area contributed by atoms with Gasteiger partial charge >= 0.3 is 5.69 Å². The van der Waals surface area contributed by atoms with Crippen molar-refractivity contribution in [3.8, 4) is 0 Å². The molecule has 9 heteroatoms. The fraction of sp³-hybridized carbons (Fsp3) is 0.429. The first-order valence-corrected chi connectivity index (χ1v) is 10.8. The number of carbonyl (C=O) groups excluding carboxylic acids is 1. The Bertz CT molecular complexity index is 1230. The summed E-state index contributed by atoms with van der Waals surface area (Å²) in [6.45, 7) is 10.3. The molecule has 3 heterocycles. The molecule has 1 aliphatic heterocycles. The van der Waals surface area contributed by atoms with Gasteiger partial charge in [-0.25, -0.2) is 4.79 Å². The molecule has 1 fully saturated rings. The van der Waals surface area contributed by atoms with Gasteiger partial charge in [0.05, 0.1) is 5.52 Å². The van der Waals surface area contributed by atoms with E-state index in [1.54, 1.807) is 18.7 Å². The number of benzene rings is 1. The number of piperazine rings is 1. The molecule has 4 rings (SSSR count). The second-order valence-electron chi connectivity index (χ2n) is 7.93. The summed E-state index contributed by atoms with van der Waals surface area (Å²) in [6, 6.07) is 5.98. The summed E-state index contributed by atoms with van der Waals surface area (Å²) in [5.41, 5.74) is 3.11. The molecule has 0 saturated carbocycles. The van der Waals surface area contributed by atoms with Crippen molar-refractivity contribution in [2.75, 3.05) is 31.1 Å². The Labute approximate surface area is 177 Å². The third-order valence-corrected chi connectivity index (χ3v) is 6.59. The number of rotatable bonds is 3. The minimum absolute atomic E-state index is 0.144. The zero-order valence-electron chi connectivity index (χ0n) is 17.6. The standard InChI is InChI=1S/C21H25N5O3S/c1-12(2)26-19(27)17-16(22-21(26)29)18(30-23-17)20(28)25-10-8-24(9-11-25)15-7-5-6-13(3)14(15)4/h5-7,12H,8-11H2,1-4H3,(H,22,29). The molecule has 158 valence electrons. The lowest BCUT2D eigenvalue weighted by Gasteiger charge is -2.36. The van der Waals surface area contributed by atoms with Gasteiger partial charge in [0.15, 0.2) is 5.52 Å². The highest BCUT2D eigenvalue weighted by molar-refractivity contribution is 7.09. The van der Waals surface area contributed by atoms with Gasteiger partial charge in [0.25, 0.3) is 11.5 Å². The lowest BCUT2D eigenvalue weighted by atomic mass is 10.1. The number of H-pyrrole nitrogens is 1. The van der Waals surface area contributed by atoms with Crippen LogP contribution < -0.4 is 16.1 Å². The van der Waals surface area contributed by atoms with Crippen LogP contribution in [0.3, 0.4) is 0 Å². The number of nitrogens with one attached hydrogen (secondary N) is 1. The predicted molar refractivity (Wildman–Crippen MR) is 119 cm³/mol. The van der Waals surface area contributed by atoms with E-state index < -0.39 is 11.2 Å². The van der Waals surface area contributed by atoms with E-state index in [4.69, 9.17) is 0 Å². The smallest absolute Gasteiger partial charge is 0.329 e. The molecule has 30 heavy (non-hydrogen) atoms. The van der Waals surface area contributed by atoms with Gasteiger partial charge in [0.2, 0.25) is 0 Å². The molecule has 0 bridgehead atoms. The molecule has 1 aliphatic rings. The summed E-state index contributed by atoms with van der Waals surface area (Å²) < 4.78 is 5.31. The Morgan fingerprint density at radius 1 is 1.13 bits per heavy atom. The molecular weight excluding hydrogens is 402 g/mol. The van der Waals surface area contributed by atoms with Crippen LogP contribution in [0.5, 0.6) is 0 Å². The van der Waals surface area contributed by atoms with Crippen LogP contribution >= 0.6 is 11.5 Å². The fourth-order valence-electron chi connectivity index (χ4n) is 3.91. The van der Waals surface area contributed by atoms with Gasteiger partial charge in [0.1, 0.15) is 4.88 Å². The fourth-order valence-corrected chi connectivity index (χ4v) is 4.71. The second-order valence-corrected chi connectivity index (χ2v) is 8.71. The highest BCUT2D eigenvalue weighted by atomic mass is 32.1. The maximum absolute atomic E-state index is 13.1.